The SMILES string of the molecule is CCC(CCN)Oc1ccc(F)cc1Br. The molecule has 0 amide bonds. The topological polar surface area (TPSA) is 35.2 Å². The lowest BCUT2D eigenvalue weighted by Crippen LogP contribution is -2.19. The van der Waals surface area contributed by atoms with Gasteiger partial charge in [-0.1, -0.05) is 6.92 Å². The molecule has 4 heteroatoms. The molecule has 0 fully saturated rings. The van der Waals surface area contributed by atoms with E-state index in [1.54, 1.807) is 6.07 Å². The second kappa shape index (κ2) is 6.08. The molecule has 1 aromatic rings. The average molecular weight is 276 g/mol. The standard InChI is InChI=1S/C11H15BrFNO/c1-2-9(5-6-14)15-11-4-3-8(13)7-10(11)12/h3-4,7,9H,2,5-6,14H2,1H3. The van der Waals surface area contributed by atoms with E-state index in [-0.39, 0.29) is 11.9 Å². The second-order valence-corrected chi connectivity index (χ2v) is 4.15. The van der Waals surface area contributed by atoms with Gasteiger partial charge in [0.15, 0.2) is 0 Å². The minimum atomic E-state index is -0.277. The highest BCUT2D eigenvalue weighted by Gasteiger charge is 2.09. The normalized spacial score (nSPS) is 12.5. The van der Waals surface area contributed by atoms with Crippen LogP contribution in [0.15, 0.2) is 22.7 Å². The third-order valence-electron chi connectivity index (χ3n) is 2.13. The van der Waals surface area contributed by atoms with Gasteiger partial charge < -0.3 is 10.5 Å². The first-order valence-electron chi connectivity index (χ1n) is 4.99. The predicted molar refractivity (Wildman–Crippen MR) is 62.5 cm³/mol. The van der Waals surface area contributed by atoms with Crippen molar-refractivity contribution in [2.24, 2.45) is 5.73 Å². The first-order chi connectivity index (χ1) is 7.17. The summed E-state index contributed by atoms with van der Waals surface area (Å²) >= 11 is 3.26. The molecule has 0 aromatic heterocycles. The van der Waals surface area contributed by atoms with Crippen molar-refractivity contribution in [3.8, 4) is 5.75 Å². The molecule has 0 saturated heterocycles. The van der Waals surface area contributed by atoms with Gasteiger partial charge in [-0.05, 0) is 53.5 Å². The molecule has 1 rings (SSSR count). The first kappa shape index (κ1) is 12.5. The summed E-state index contributed by atoms with van der Waals surface area (Å²) in [7, 11) is 0. The zero-order valence-electron chi connectivity index (χ0n) is 8.67. The fourth-order valence-electron chi connectivity index (χ4n) is 1.28. The van der Waals surface area contributed by atoms with E-state index < -0.39 is 0 Å². The maximum Gasteiger partial charge on any atom is 0.134 e. The van der Waals surface area contributed by atoms with Gasteiger partial charge in [0, 0.05) is 0 Å². The quantitative estimate of drug-likeness (QED) is 0.896. The van der Waals surface area contributed by atoms with Crippen molar-refractivity contribution in [3.05, 3.63) is 28.5 Å². The summed E-state index contributed by atoms with van der Waals surface area (Å²) < 4.78 is 19.1. The lowest BCUT2D eigenvalue weighted by molar-refractivity contribution is 0.188. The van der Waals surface area contributed by atoms with Gasteiger partial charge in [0.2, 0.25) is 0 Å². The van der Waals surface area contributed by atoms with Gasteiger partial charge in [0.05, 0.1) is 10.6 Å². The molecule has 0 radical (unpaired) electrons. The second-order valence-electron chi connectivity index (χ2n) is 3.30. The molecule has 1 aromatic carbocycles. The summed E-state index contributed by atoms with van der Waals surface area (Å²) in [6.45, 7) is 2.63. The largest absolute Gasteiger partial charge is 0.489 e. The Hall–Kier alpha value is -0.610. The molecule has 0 aliphatic heterocycles. The van der Waals surface area contributed by atoms with Gasteiger partial charge in [0.1, 0.15) is 11.6 Å². The highest BCUT2D eigenvalue weighted by atomic mass is 79.9. The molecule has 0 aliphatic rings. The number of hydrogen-bond acceptors (Lipinski definition) is 2. The smallest absolute Gasteiger partial charge is 0.134 e. The summed E-state index contributed by atoms with van der Waals surface area (Å²) in [6, 6.07) is 4.40. The van der Waals surface area contributed by atoms with Gasteiger partial charge in [0.25, 0.3) is 0 Å². The zero-order chi connectivity index (χ0) is 11.3. The summed E-state index contributed by atoms with van der Waals surface area (Å²) in [4.78, 5) is 0. The molecule has 0 saturated carbocycles. The number of hydrogen-bond donors (Lipinski definition) is 1. The van der Waals surface area contributed by atoms with E-state index in [1.807, 2.05) is 6.92 Å². The Morgan fingerprint density at radius 1 is 1.53 bits per heavy atom. The van der Waals surface area contributed by atoms with E-state index in [4.69, 9.17) is 10.5 Å². The first-order valence-corrected chi connectivity index (χ1v) is 5.78. The highest BCUT2D eigenvalue weighted by molar-refractivity contribution is 9.10. The molecule has 15 heavy (non-hydrogen) atoms. The molecule has 0 spiro atoms. The van der Waals surface area contributed by atoms with Gasteiger partial charge in [-0.25, -0.2) is 4.39 Å². The van der Waals surface area contributed by atoms with Crippen LogP contribution in [0.3, 0.4) is 0 Å². The zero-order valence-corrected chi connectivity index (χ0v) is 10.3. The van der Waals surface area contributed by atoms with Crippen molar-refractivity contribution in [1.29, 1.82) is 0 Å². The van der Waals surface area contributed by atoms with Crippen LogP contribution < -0.4 is 10.5 Å². The fourth-order valence-corrected chi connectivity index (χ4v) is 1.73. The van der Waals surface area contributed by atoms with Crippen molar-refractivity contribution in [1.82, 2.24) is 0 Å². The number of ether oxygens (including phenoxy) is 1. The van der Waals surface area contributed by atoms with Crippen molar-refractivity contribution >= 4 is 15.9 Å². The Morgan fingerprint density at radius 3 is 2.80 bits per heavy atom. The lowest BCUT2D eigenvalue weighted by Gasteiger charge is -2.17. The van der Waals surface area contributed by atoms with Crippen LogP contribution in [0.4, 0.5) is 4.39 Å². The van der Waals surface area contributed by atoms with Crippen molar-refractivity contribution in [2.45, 2.75) is 25.9 Å². The number of benzene rings is 1. The number of rotatable bonds is 5. The monoisotopic (exact) mass is 275 g/mol. The Morgan fingerprint density at radius 2 is 2.27 bits per heavy atom. The number of halogens is 2. The maximum atomic E-state index is 12.8. The summed E-state index contributed by atoms with van der Waals surface area (Å²) in [5.74, 6) is 0.387. The van der Waals surface area contributed by atoms with Crippen LogP contribution in [0.5, 0.6) is 5.75 Å². The molecule has 84 valence electrons. The van der Waals surface area contributed by atoms with Crippen LogP contribution in [-0.2, 0) is 0 Å². The fraction of sp³-hybridized carbons (Fsp3) is 0.455. The third-order valence-corrected chi connectivity index (χ3v) is 2.75. The van der Waals surface area contributed by atoms with Gasteiger partial charge in [-0.2, -0.15) is 0 Å². The van der Waals surface area contributed by atoms with Crippen LogP contribution >= 0.6 is 15.9 Å². The molecule has 1 unspecified atom stereocenters. The molecule has 2 N–H and O–H groups in total. The maximum absolute atomic E-state index is 12.8. The highest BCUT2D eigenvalue weighted by Crippen LogP contribution is 2.27. The van der Waals surface area contributed by atoms with Gasteiger partial charge in [-0.3, -0.25) is 0 Å². The summed E-state index contributed by atoms with van der Waals surface area (Å²) in [5, 5.41) is 0. The Balaban J connectivity index is 2.70. The van der Waals surface area contributed by atoms with Crippen LogP contribution in [0.1, 0.15) is 19.8 Å². The van der Waals surface area contributed by atoms with Gasteiger partial charge in [-0.15, -0.1) is 0 Å². The van der Waals surface area contributed by atoms with Gasteiger partial charge >= 0.3 is 0 Å². The van der Waals surface area contributed by atoms with Crippen molar-refractivity contribution in [3.63, 3.8) is 0 Å². The van der Waals surface area contributed by atoms with E-state index >= 15 is 0 Å². The predicted octanol–water partition coefficient (Wildman–Crippen LogP) is 3.09. The van der Waals surface area contributed by atoms with Crippen molar-refractivity contribution < 1.29 is 9.13 Å². The van der Waals surface area contributed by atoms with Crippen LogP contribution in [0, 0.1) is 5.82 Å². The Bertz CT molecular complexity index is 319. The van der Waals surface area contributed by atoms with Crippen LogP contribution in [-0.4, -0.2) is 12.6 Å². The Kier molecular flexibility index (Phi) is 5.05. The molecule has 1 atom stereocenters. The van der Waals surface area contributed by atoms with E-state index in [1.165, 1.54) is 12.1 Å². The van der Waals surface area contributed by atoms with Crippen LogP contribution in [0.25, 0.3) is 0 Å². The third kappa shape index (κ3) is 3.80. The van der Waals surface area contributed by atoms with E-state index in [0.717, 1.165) is 12.8 Å². The molecule has 2 nitrogen and oxygen atoms in total. The minimum absolute atomic E-state index is 0.0942. The number of nitrogens with two attached hydrogens (primary N) is 1. The molecule has 0 bridgehead atoms. The van der Waals surface area contributed by atoms with E-state index in [0.29, 0.717) is 16.8 Å². The molecular formula is C11H15BrFNO. The van der Waals surface area contributed by atoms with Crippen molar-refractivity contribution in [2.75, 3.05) is 6.54 Å². The molecule has 0 heterocycles. The lowest BCUT2D eigenvalue weighted by atomic mass is 10.2. The molecular weight excluding hydrogens is 261 g/mol. The van der Waals surface area contributed by atoms with E-state index in [2.05, 4.69) is 15.9 Å². The van der Waals surface area contributed by atoms with Crippen LogP contribution in [0.2, 0.25) is 0 Å². The van der Waals surface area contributed by atoms with E-state index in [9.17, 15) is 4.39 Å². The Labute approximate surface area is 97.7 Å². The average Bonchev–Trinajstić information content (AvgIpc) is 2.21. The molecule has 0 aliphatic carbocycles. The summed E-state index contributed by atoms with van der Waals surface area (Å²) in [6.07, 6.45) is 1.79. The minimum Gasteiger partial charge on any atom is -0.489 e. The summed E-state index contributed by atoms with van der Waals surface area (Å²) in [5.41, 5.74) is 5.47.